The number of ether oxygens (including phenoxy) is 1. The van der Waals surface area contributed by atoms with Crippen molar-refractivity contribution < 1.29 is 9.84 Å². The van der Waals surface area contributed by atoms with Crippen molar-refractivity contribution in [3.63, 3.8) is 0 Å². The minimum absolute atomic E-state index is 0.666. The first-order valence-corrected chi connectivity index (χ1v) is 9.81. The third kappa shape index (κ3) is 3.81. The molecule has 1 atom stereocenters. The Hall–Kier alpha value is -2.64. The fourth-order valence-corrected chi connectivity index (χ4v) is 3.79. The van der Waals surface area contributed by atoms with Crippen LogP contribution in [0, 0.1) is 0 Å². The predicted molar refractivity (Wildman–Crippen MR) is 106 cm³/mol. The highest BCUT2D eigenvalue weighted by Crippen LogP contribution is 2.25. The van der Waals surface area contributed by atoms with Gasteiger partial charge in [0.15, 0.2) is 0 Å². The molecular formula is C21H27N5O2. The number of nitrogens with zero attached hydrogens (tertiary/aromatic N) is 5. The van der Waals surface area contributed by atoms with Crippen LogP contribution in [0.2, 0.25) is 0 Å². The summed E-state index contributed by atoms with van der Waals surface area (Å²) >= 11 is 0. The first-order chi connectivity index (χ1) is 13.7. The zero-order chi connectivity index (χ0) is 19.5. The highest BCUT2D eigenvalue weighted by Gasteiger charge is 2.22. The van der Waals surface area contributed by atoms with Gasteiger partial charge >= 0.3 is 0 Å². The van der Waals surface area contributed by atoms with Crippen LogP contribution in [-0.4, -0.2) is 42.7 Å². The molecule has 148 valence electrons. The smallest absolute Gasteiger partial charge is 0.139 e. The van der Waals surface area contributed by atoms with Crippen LogP contribution in [0.25, 0.3) is 0 Å². The van der Waals surface area contributed by atoms with Gasteiger partial charge in [0.2, 0.25) is 0 Å². The summed E-state index contributed by atoms with van der Waals surface area (Å²) in [6.07, 6.45) is 1.95. The summed E-state index contributed by atoms with van der Waals surface area (Å²) in [5, 5.41) is 19.5. The number of para-hydroxylation sites is 1. The quantitative estimate of drug-likeness (QED) is 0.711. The van der Waals surface area contributed by atoms with E-state index in [9.17, 15) is 5.11 Å². The van der Waals surface area contributed by atoms with E-state index < -0.39 is 6.10 Å². The number of aliphatic hydroxyl groups is 1. The number of hydrogen-bond acceptors (Lipinski definition) is 5. The second kappa shape index (κ2) is 8.16. The Bertz CT molecular complexity index is 933. The van der Waals surface area contributed by atoms with Crippen LogP contribution in [0.4, 0.5) is 0 Å². The van der Waals surface area contributed by atoms with E-state index in [1.807, 2.05) is 42.9 Å². The lowest BCUT2D eigenvalue weighted by Crippen LogP contribution is -2.23. The second-order valence-electron chi connectivity index (χ2n) is 7.17. The third-order valence-electron chi connectivity index (χ3n) is 5.20. The molecule has 0 fully saturated rings. The molecule has 0 aliphatic carbocycles. The largest absolute Gasteiger partial charge is 0.494 e. The maximum Gasteiger partial charge on any atom is 0.139 e. The van der Waals surface area contributed by atoms with Crippen LogP contribution in [0.3, 0.4) is 0 Å². The number of aliphatic hydroxyl groups excluding tert-OH is 1. The molecule has 0 spiro atoms. The number of rotatable bonds is 6. The average molecular weight is 381 g/mol. The fraction of sp³-hybridized carbons (Fsp3) is 0.429. The minimum Gasteiger partial charge on any atom is -0.494 e. The average Bonchev–Trinajstić information content (AvgIpc) is 3.25. The molecule has 0 radical (unpaired) electrons. The number of fused-ring (bicyclic) bond motifs is 1. The van der Waals surface area contributed by atoms with Crippen LogP contribution in [-0.2, 0) is 26.7 Å². The van der Waals surface area contributed by atoms with Gasteiger partial charge < -0.3 is 9.84 Å². The lowest BCUT2D eigenvalue weighted by Gasteiger charge is -2.21. The predicted octanol–water partition coefficient (Wildman–Crippen LogP) is 2.50. The van der Waals surface area contributed by atoms with Gasteiger partial charge in [0.1, 0.15) is 11.9 Å². The Morgan fingerprint density at radius 1 is 1.21 bits per heavy atom. The van der Waals surface area contributed by atoms with E-state index in [4.69, 9.17) is 4.74 Å². The summed E-state index contributed by atoms with van der Waals surface area (Å²) < 4.78 is 9.50. The van der Waals surface area contributed by atoms with Gasteiger partial charge in [-0.15, -0.1) is 0 Å². The molecule has 7 heteroatoms. The fourth-order valence-electron chi connectivity index (χ4n) is 3.79. The van der Waals surface area contributed by atoms with Gasteiger partial charge in [-0.2, -0.15) is 10.2 Å². The lowest BCUT2D eigenvalue weighted by atomic mass is 10.1. The standard InChI is InChI=1S/C21H27N5O2/c1-3-28-20-8-5-4-7-16(20)14-25-11-6-12-26-17(15-25)13-18(23-26)21(27)19-9-10-22-24(19)2/h4-5,7-10,13,21,27H,3,6,11-12,14-15H2,1-2H3/t21-/m1/s1. The molecule has 7 nitrogen and oxygen atoms in total. The van der Waals surface area contributed by atoms with Gasteiger partial charge in [0.05, 0.1) is 23.7 Å². The SMILES string of the molecule is CCOc1ccccc1CN1CCCn2nc([C@@H](O)c3ccnn3C)cc2C1. The Morgan fingerprint density at radius 2 is 2.07 bits per heavy atom. The number of aryl methyl sites for hydroxylation is 2. The maximum absolute atomic E-state index is 10.7. The summed E-state index contributed by atoms with van der Waals surface area (Å²) in [7, 11) is 1.83. The molecule has 0 saturated heterocycles. The number of aromatic nitrogens is 4. The molecule has 4 rings (SSSR count). The van der Waals surface area contributed by atoms with Gasteiger partial charge in [-0.25, -0.2) is 0 Å². The van der Waals surface area contributed by atoms with E-state index in [1.54, 1.807) is 10.9 Å². The van der Waals surface area contributed by atoms with Crippen molar-refractivity contribution in [2.24, 2.45) is 7.05 Å². The topological polar surface area (TPSA) is 68.3 Å². The van der Waals surface area contributed by atoms with Crippen molar-refractivity contribution in [3.8, 4) is 5.75 Å². The molecule has 0 bridgehead atoms. The minimum atomic E-state index is -0.765. The van der Waals surface area contributed by atoms with E-state index in [0.717, 1.165) is 49.7 Å². The van der Waals surface area contributed by atoms with E-state index in [0.29, 0.717) is 12.3 Å². The monoisotopic (exact) mass is 381 g/mol. The molecule has 1 aromatic carbocycles. The number of benzene rings is 1. The van der Waals surface area contributed by atoms with Crippen molar-refractivity contribution in [1.29, 1.82) is 0 Å². The van der Waals surface area contributed by atoms with Crippen LogP contribution in [0.5, 0.6) is 5.75 Å². The van der Waals surface area contributed by atoms with E-state index in [2.05, 4.69) is 27.2 Å². The Kier molecular flexibility index (Phi) is 5.45. The highest BCUT2D eigenvalue weighted by molar-refractivity contribution is 5.33. The molecule has 1 N–H and O–H groups in total. The molecule has 1 aliphatic rings. The number of hydrogen-bond donors (Lipinski definition) is 1. The van der Waals surface area contributed by atoms with Gasteiger partial charge in [0, 0.05) is 45.0 Å². The normalized spacial score (nSPS) is 15.8. The van der Waals surface area contributed by atoms with Crippen molar-refractivity contribution in [2.75, 3.05) is 13.2 Å². The van der Waals surface area contributed by atoms with Gasteiger partial charge in [0.25, 0.3) is 0 Å². The second-order valence-corrected chi connectivity index (χ2v) is 7.17. The Balaban J connectivity index is 1.52. The van der Waals surface area contributed by atoms with Crippen molar-refractivity contribution in [3.05, 3.63) is 65.2 Å². The van der Waals surface area contributed by atoms with Gasteiger partial charge in [-0.3, -0.25) is 14.3 Å². The lowest BCUT2D eigenvalue weighted by molar-refractivity contribution is 0.203. The van der Waals surface area contributed by atoms with Crippen molar-refractivity contribution >= 4 is 0 Å². The summed E-state index contributed by atoms with van der Waals surface area (Å²) in [4.78, 5) is 2.42. The van der Waals surface area contributed by atoms with Gasteiger partial charge in [-0.05, 0) is 31.5 Å². The summed E-state index contributed by atoms with van der Waals surface area (Å²) in [5.41, 5.74) is 3.75. The highest BCUT2D eigenvalue weighted by atomic mass is 16.5. The van der Waals surface area contributed by atoms with E-state index in [1.165, 1.54) is 5.56 Å². The van der Waals surface area contributed by atoms with Crippen molar-refractivity contribution in [2.45, 2.75) is 39.1 Å². The van der Waals surface area contributed by atoms with Crippen LogP contribution < -0.4 is 4.74 Å². The molecule has 0 amide bonds. The Morgan fingerprint density at radius 3 is 2.86 bits per heavy atom. The van der Waals surface area contributed by atoms with Gasteiger partial charge in [-0.1, -0.05) is 18.2 Å². The molecule has 3 aromatic rings. The molecule has 0 saturated carbocycles. The first kappa shape index (κ1) is 18.7. The summed E-state index contributed by atoms with van der Waals surface area (Å²) in [5.74, 6) is 0.954. The molecule has 2 aromatic heterocycles. The van der Waals surface area contributed by atoms with Crippen LogP contribution in [0.1, 0.15) is 42.1 Å². The molecule has 1 aliphatic heterocycles. The van der Waals surface area contributed by atoms with Crippen LogP contribution in [0.15, 0.2) is 42.6 Å². The molecule has 0 unspecified atom stereocenters. The summed E-state index contributed by atoms with van der Waals surface area (Å²) in [6.45, 7) is 6.17. The third-order valence-corrected chi connectivity index (χ3v) is 5.20. The molecular weight excluding hydrogens is 354 g/mol. The van der Waals surface area contributed by atoms with Crippen LogP contribution >= 0.6 is 0 Å². The molecule has 3 heterocycles. The van der Waals surface area contributed by atoms with E-state index in [-0.39, 0.29) is 0 Å². The van der Waals surface area contributed by atoms with Crippen molar-refractivity contribution in [1.82, 2.24) is 24.5 Å². The zero-order valence-corrected chi connectivity index (χ0v) is 16.5. The first-order valence-electron chi connectivity index (χ1n) is 9.81. The maximum atomic E-state index is 10.7. The Labute approximate surface area is 165 Å². The summed E-state index contributed by atoms with van der Waals surface area (Å²) in [6, 6.07) is 12.1. The van der Waals surface area contributed by atoms with E-state index >= 15 is 0 Å². The molecule has 28 heavy (non-hydrogen) atoms. The zero-order valence-electron chi connectivity index (χ0n) is 16.5.